The fraction of sp³-hybridized carbons (Fsp3) is 0.308. The standard InChI is InChI=1S/C52H46F6N6O10/c1-7-73-46(69)39-28(3)61(36-13-9-11-34(23-36)51(53,54)55)48(71)63(41(39)32-19-15-30(26-59)16-20-32)38(44(65)66)25-50(5,6)43(45(67)68)64-42(33-21-17-31(27-60)18-22-33)40(47(70)74-8-2)29(4)62(49(64)72)37-14-10-12-35(24-37)52(56,57)58/h9-24,38,41-43H,7-8,25H2,1-6H3,(H,65,66)(H,67,68)/t38?,41-,42-,43?/m1/s1. The van der Waals surface area contributed by atoms with Crippen LogP contribution in [0.2, 0.25) is 0 Å². The third-order valence-electron chi connectivity index (χ3n) is 12.5. The van der Waals surface area contributed by atoms with E-state index in [-0.39, 0.29) is 46.9 Å². The molecule has 4 amide bonds. The molecule has 0 spiro atoms. The Morgan fingerprint density at radius 1 is 0.622 bits per heavy atom. The molecule has 74 heavy (non-hydrogen) atoms. The molecule has 2 aliphatic heterocycles. The van der Waals surface area contributed by atoms with Gasteiger partial charge in [-0.05, 0) is 111 Å². The zero-order valence-corrected chi connectivity index (χ0v) is 40.3. The molecule has 386 valence electrons. The topological polar surface area (TPSA) is 222 Å². The number of esters is 2. The first-order chi connectivity index (χ1) is 34.7. The molecule has 0 saturated heterocycles. The number of nitrogens with zero attached hydrogens (tertiary/aromatic N) is 6. The van der Waals surface area contributed by atoms with Crippen LogP contribution in [0.1, 0.15) is 93.4 Å². The number of carbonyl (C=O) groups excluding carboxylic acids is 4. The predicted molar refractivity (Wildman–Crippen MR) is 250 cm³/mol. The van der Waals surface area contributed by atoms with Crippen LogP contribution in [-0.2, 0) is 41.0 Å². The average molecular weight is 1030 g/mol. The molecule has 0 bridgehead atoms. The van der Waals surface area contributed by atoms with Crippen LogP contribution in [0.25, 0.3) is 0 Å². The zero-order valence-electron chi connectivity index (χ0n) is 40.3. The van der Waals surface area contributed by atoms with Crippen LogP contribution in [0.5, 0.6) is 0 Å². The molecule has 2 N–H and O–H groups in total. The van der Waals surface area contributed by atoms with Gasteiger partial charge in [0.25, 0.3) is 0 Å². The number of hydrogen-bond donors (Lipinski definition) is 2. The first-order valence-electron chi connectivity index (χ1n) is 22.5. The normalized spacial score (nSPS) is 17.4. The molecule has 0 saturated carbocycles. The number of alkyl halides is 6. The summed E-state index contributed by atoms with van der Waals surface area (Å²) in [5, 5.41) is 42.1. The van der Waals surface area contributed by atoms with Gasteiger partial charge in [-0.3, -0.25) is 19.6 Å². The molecule has 4 aromatic carbocycles. The van der Waals surface area contributed by atoms with Gasteiger partial charge in [0.2, 0.25) is 0 Å². The van der Waals surface area contributed by atoms with E-state index in [9.17, 15) is 66.3 Å². The lowest BCUT2D eigenvalue weighted by molar-refractivity contribution is -0.152. The van der Waals surface area contributed by atoms with Crippen LogP contribution in [-0.4, -0.2) is 81.2 Å². The molecule has 0 aliphatic carbocycles. The highest BCUT2D eigenvalue weighted by Crippen LogP contribution is 2.49. The molecule has 2 heterocycles. The van der Waals surface area contributed by atoms with E-state index in [2.05, 4.69) is 0 Å². The molecule has 6 rings (SSSR count). The maximum absolute atomic E-state index is 15.4. The summed E-state index contributed by atoms with van der Waals surface area (Å²) < 4.78 is 96.2. The molecular weight excluding hydrogens is 983 g/mol. The van der Waals surface area contributed by atoms with E-state index in [0.717, 1.165) is 24.3 Å². The van der Waals surface area contributed by atoms with Gasteiger partial charge in [-0.25, -0.2) is 28.8 Å². The molecule has 4 atom stereocenters. The number of anilines is 2. The van der Waals surface area contributed by atoms with Gasteiger partial charge < -0.3 is 19.7 Å². The van der Waals surface area contributed by atoms with Crippen molar-refractivity contribution in [1.29, 1.82) is 10.5 Å². The summed E-state index contributed by atoms with van der Waals surface area (Å²) in [7, 11) is 0. The van der Waals surface area contributed by atoms with Gasteiger partial charge in [0.05, 0.1) is 82.2 Å². The van der Waals surface area contributed by atoms with Crippen molar-refractivity contribution in [3.05, 3.63) is 153 Å². The van der Waals surface area contributed by atoms with E-state index in [1.165, 1.54) is 90.1 Å². The van der Waals surface area contributed by atoms with E-state index < -0.39 is 118 Å². The number of carboxylic acids is 2. The highest BCUT2D eigenvalue weighted by Gasteiger charge is 2.56. The third kappa shape index (κ3) is 10.6. The van der Waals surface area contributed by atoms with Gasteiger partial charge in [0.1, 0.15) is 12.1 Å². The van der Waals surface area contributed by atoms with Gasteiger partial charge in [-0.1, -0.05) is 50.2 Å². The maximum atomic E-state index is 15.4. The van der Waals surface area contributed by atoms with Gasteiger partial charge in [0.15, 0.2) is 0 Å². The fourth-order valence-corrected chi connectivity index (χ4v) is 9.29. The van der Waals surface area contributed by atoms with Gasteiger partial charge in [-0.2, -0.15) is 36.9 Å². The highest BCUT2D eigenvalue weighted by molar-refractivity contribution is 6.06. The summed E-state index contributed by atoms with van der Waals surface area (Å²) in [6.45, 7) is 7.11. The summed E-state index contributed by atoms with van der Waals surface area (Å²) in [6.07, 6.45) is -10.9. The largest absolute Gasteiger partial charge is 0.480 e. The average Bonchev–Trinajstić information content (AvgIpc) is 3.33. The number of carboxylic acid groups (broad SMARTS) is 2. The second-order valence-electron chi connectivity index (χ2n) is 17.6. The van der Waals surface area contributed by atoms with E-state index in [4.69, 9.17) is 9.47 Å². The Kier molecular flexibility index (Phi) is 15.7. The van der Waals surface area contributed by atoms with Crippen molar-refractivity contribution in [2.24, 2.45) is 5.41 Å². The molecule has 22 heteroatoms. The number of benzene rings is 4. The summed E-state index contributed by atoms with van der Waals surface area (Å²) in [4.78, 5) is 90.1. The highest BCUT2D eigenvalue weighted by atomic mass is 19.4. The van der Waals surface area contributed by atoms with Crippen molar-refractivity contribution < 1.29 is 74.8 Å². The molecule has 2 aliphatic rings. The van der Waals surface area contributed by atoms with Crippen molar-refractivity contribution >= 4 is 47.3 Å². The minimum absolute atomic E-state index is 0.00852. The molecule has 4 aromatic rings. The number of amides is 4. The Labute approximate surface area is 419 Å². The van der Waals surface area contributed by atoms with Crippen molar-refractivity contribution in [2.45, 2.75) is 84.5 Å². The summed E-state index contributed by atoms with van der Waals surface area (Å²) in [5.74, 6) is -6.01. The molecule has 0 aromatic heterocycles. The number of halogens is 6. The minimum Gasteiger partial charge on any atom is -0.480 e. The van der Waals surface area contributed by atoms with E-state index in [0.29, 0.717) is 43.9 Å². The van der Waals surface area contributed by atoms with Crippen LogP contribution in [0, 0.1) is 28.1 Å². The predicted octanol–water partition coefficient (Wildman–Crippen LogP) is 10.1. The quantitative estimate of drug-likeness (QED) is 0.0839. The third-order valence-corrected chi connectivity index (χ3v) is 12.5. The summed E-state index contributed by atoms with van der Waals surface area (Å²) in [5.41, 5.74) is -6.94. The van der Waals surface area contributed by atoms with Crippen molar-refractivity contribution in [1.82, 2.24) is 9.80 Å². The van der Waals surface area contributed by atoms with Crippen molar-refractivity contribution in [2.75, 3.05) is 23.0 Å². The van der Waals surface area contributed by atoms with Gasteiger partial charge in [0, 0.05) is 11.4 Å². The van der Waals surface area contributed by atoms with E-state index in [1.807, 2.05) is 12.1 Å². The molecule has 16 nitrogen and oxygen atoms in total. The lowest BCUT2D eigenvalue weighted by Gasteiger charge is -2.50. The smallest absolute Gasteiger partial charge is 0.416 e. The van der Waals surface area contributed by atoms with Crippen LogP contribution >= 0.6 is 0 Å². The molecule has 0 fully saturated rings. The Hall–Kier alpha value is -8.66. The fourth-order valence-electron chi connectivity index (χ4n) is 9.29. The second-order valence-corrected chi connectivity index (χ2v) is 17.6. The van der Waals surface area contributed by atoms with Crippen LogP contribution in [0.3, 0.4) is 0 Å². The zero-order chi connectivity index (χ0) is 54.8. The lowest BCUT2D eigenvalue weighted by atomic mass is 9.75. The number of urea groups is 2. The monoisotopic (exact) mass is 1030 g/mol. The van der Waals surface area contributed by atoms with Crippen LogP contribution in [0.4, 0.5) is 47.3 Å². The van der Waals surface area contributed by atoms with E-state index >= 15 is 9.59 Å². The minimum atomic E-state index is -4.96. The SMILES string of the molecule is CCOC(=O)C1=C(C)N(c2cccc(C(F)(F)F)c2)C(=O)N(C(CC(C)(C)C(C(=O)O)N2C(=O)N(c3cccc(C(F)(F)F)c3)C(C)=C(C(=O)OCC)[C@H]2c2ccc(C#N)cc2)C(=O)O)[C@@H]1c1ccc(C#N)cc1. The number of rotatable bonds is 15. The number of nitriles is 2. The second kappa shape index (κ2) is 21.2. The van der Waals surface area contributed by atoms with Gasteiger partial charge in [-0.15, -0.1) is 0 Å². The number of hydrogen-bond acceptors (Lipinski definition) is 10. The number of aliphatic carboxylic acids is 2. The summed E-state index contributed by atoms with van der Waals surface area (Å²) in [6, 6.07) is 10.0. The molecular formula is C52H46F6N6O10. The van der Waals surface area contributed by atoms with Crippen molar-refractivity contribution in [3.8, 4) is 12.1 Å². The summed E-state index contributed by atoms with van der Waals surface area (Å²) >= 11 is 0. The first-order valence-corrected chi connectivity index (χ1v) is 22.5. The first kappa shape index (κ1) is 54.7. The Balaban J connectivity index is 1.64. The Morgan fingerprint density at radius 3 is 1.34 bits per heavy atom. The van der Waals surface area contributed by atoms with Crippen LogP contribution < -0.4 is 9.80 Å². The van der Waals surface area contributed by atoms with Gasteiger partial charge >= 0.3 is 48.3 Å². The van der Waals surface area contributed by atoms with Crippen molar-refractivity contribution in [3.63, 3.8) is 0 Å². The molecule has 2 unspecified atom stereocenters. The lowest BCUT2D eigenvalue weighted by Crippen LogP contribution is -2.63. The van der Waals surface area contributed by atoms with E-state index in [1.54, 1.807) is 0 Å². The molecule has 0 radical (unpaired) electrons. The van der Waals surface area contributed by atoms with Crippen LogP contribution in [0.15, 0.2) is 120 Å². The number of allylic oxidation sites excluding steroid dienone is 2. The number of ether oxygens (including phenoxy) is 2. The Morgan fingerprint density at radius 2 is 1.00 bits per heavy atom. The number of carbonyl (C=O) groups is 6. The maximum Gasteiger partial charge on any atom is 0.416 e. The Bertz CT molecular complexity index is 3050.